The molecule has 0 radical (unpaired) electrons. The number of nitrogens with zero attached hydrogens (tertiary/aromatic N) is 3. The second-order valence-electron chi connectivity index (χ2n) is 3.87. The molecule has 2 rings (SSSR count). The molecular formula is C12H16N3O+. The lowest BCUT2D eigenvalue weighted by Gasteiger charge is -2.30. The second-order valence-corrected chi connectivity index (χ2v) is 3.87. The molecule has 16 heavy (non-hydrogen) atoms. The van der Waals surface area contributed by atoms with E-state index < -0.39 is 0 Å². The zero-order valence-corrected chi connectivity index (χ0v) is 9.52. The smallest absolute Gasteiger partial charge is 0.378 e. The summed E-state index contributed by atoms with van der Waals surface area (Å²) in [6.07, 6.45) is 0.941. The Morgan fingerprint density at radius 3 is 2.75 bits per heavy atom. The standard InChI is InChI=1S/C12H16N3O/c1-2-10-9-11(14-13)3-4-12(10)15-5-7-16-8-6-15/h3-4,9H,2,5-8H2,1H3/q+1. The van der Waals surface area contributed by atoms with Crippen molar-refractivity contribution in [1.82, 2.24) is 0 Å². The maximum absolute atomic E-state index is 8.75. The molecule has 0 aromatic heterocycles. The molecule has 1 saturated heterocycles. The first-order valence-electron chi connectivity index (χ1n) is 5.66. The van der Waals surface area contributed by atoms with E-state index >= 15 is 0 Å². The van der Waals surface area contributed by atoms with Gasteiger partial charge in [0.1, 0.15) is 0 Å². The summed E-state index contributed by atoms with van der Waals surface area (Å²) in [5, 5.41) is 8.75. The van der Waals surface area contributed by atoms with Gasteiger partial charge in [-0.15, -0.1) is 0 Å². The number of ether oxygens (including phenoxy) is 1. The lowest BCUT2D eigenvalue weighted by Crippen LogP contribution is -2.36. The summed E-state index contributed by atoms with van der Waals surface area (Å²) >= 11 is 0. The number of aryl methyl sites for hydroxylation is 1. The van der Waals surface area contributed by atoms with Gasteiger partial charge in [-0.25, -0.2) is 0 Å². The molecular weight excluding hydrogens is 202 g/mol. The van der Waals surface area contributed by atoms with E-state index in [2.05, 4.69) is 16.8 Å². The number of diazo groups is 1. The summed E-state index contributed by atoms with van der Waals surface area (Å²) in [4.78, 5) is 5.55. The molecule has 0 bridgehead atoms. The fourth-order valence-corrected chi connectivity index (χ4v) is 2.03. The normalized spacial score (nSPS) is 15.9. The summed E-state index contributed by atoms with van der Waals surface area (Å²) in [6.45, 7) is 5.55. The molecule has 0 N–H and O–H groups in total. The molecule has 0 atom stereocenters. The Bertz CT molecular complexity index is 405. The third-order valence-corrected chi connectivity index (χ3v) is 2.91. The highest BCUT2D eigenvalue weighted by molar-refractivity contribution is 5.61. The largest absolute Gasteiger partial charge is 0.385 e. The Labute approximate surface area is 95.4 Å². The van der Waals surface area contributed by atoms with Gasteiger partial charge < -0.3 is 9.64 Å². The van der Waals surface area contributed by atoms with Gasteiger partial charge >= 0.3 is 5.69 Å². The van der Waals surface area contributed by atoms with Crippen LogP contribution in [0.5, 0.6) is 0 Å². The molecule has 1 aliphatic heterocycles. The van der Waals surface area contributed by atoms with Crippen LogP contribution in [0.15, 0.2) is 18.2 Å². The van der Waals surface area contributed by atoms with Crippen molar-refractivity contribution in [2.45, 2.75) is 13.3 Å². The van der Waals surface area contributed by atoms with Crippen LogP contribution in [0.2, 0.25) is 0 Å². The Morgan fingerprint density at radius 1 is 1.38 bits per heavy atom. The lowest BCUT2D eigenvalue weighted by molar-refractivity contribution is 0.122. The van der Waals surface area contributed by atoms with Crippen molar-refractivity contribution in [2.24, 2.45) is 0 Å². The molecule has 1 aromatic carbocycles. The van der Waals surface area contributed by atoms with E-state index in [4.69, 9.17) is 10.1 Å². The molecule has 1 fully saturated rings. The third-order valence-electron chi connectivity index (χ3n) is 2.91. The van der Waals surface area contributed by atoms with Gasteiger partial charge in [0.25, 0.3) is 0 Å². The topological polar surface area (TPSA) is 40.6 Å². The number of rotatable bonds is 2. The Hall–Kier alpha value is -1.60. The van der Waals surface area contributed by atoms with E-state index in [1.165, 1.54) is 11.3 Å². The number of morpholine rings is 1. The third kappa shape index (κ3) is 2.15. The summed E-state index contributed by atoms with van der Waals surface area (Å²) in [7, 11) is 0. The molecule has 1 aromatic rings. The van der Waals surface area contributed by atoms with E-state index in [0.29, 0.717) is 5.69 Å². The van der Waals surface area contributed by atoms with Crippen LogP contribution < -0.4 is 4.90 Å². The SMILES string of the molecule is CCc1cc([N+]#N)ccc1N1CCOCC1. The summed E-state index contributed by atoms with van der Waals surface area (Å²) < 4.78 is 5.34. The zero-order chi connectivity index (χ0) is 11.4. The predicted octanol–water partition coefficient (Wildman–Crippen LogP) is 2.57. The maximum Gasteiger partial charge on any atom is 0.385 e. The molecule has 0 amide bonds. The highest BCUT2D eigenvalue weighted by atomic mass is 16.5. The average Bonchev–Trinajstić information content (AvgIpc) is 2.39. The van der Waals surface area contributed by atoms with E-state index in [1.807, 2.05) is 18.2 Å². The van der Waals surface area contributed by atoms with Crippen LogP contribution in [0.4, 0.5) is 11.4 Å². The van der Waals surface area contributed by atoms with E-state index in [0.717, 1.165) is 32.7 Å². The monoisotopic (exact) mass is 218 g/mol. The van der Waals surface area contributed by atoms with E-state index in [-0.39, 0.29) is 0 Å². The van der Waals surface area contributed by atoms with Crippen LogP contribution in [0.1, 0.15) is 12.5 Å². The molecule has 1 heterocycles. The van der Waals surface area contributed by atoms with Crippen molar-refractivity contribution in [2.75, 3.05) is 31.2 Å². The van der Waals surface area contributed by atoms with Gasteiger partial charge in [0.2, 0.25) is 5.39 Å². The van der Waals surface area contributed by atoms with Gasteiger partial charge in [-0.2, -0.15) is 0 Å². The molecule has 4 nitrogen and oxygen atoms in total. The van der Waals surface area contributed by atoms with E-state index in [9.17, 15) is 0 Å². The van der Waals surface area contributed by atoms with Crippen LogP contribution in [-0.2, 0) is 11.2 Å². The van der Waals surface area contributed by atoms with Gasteiger partial charge in [0, 0.05) is 30.9 Å². The van der Waals surface area contributed by atoms with Crippen LogP contribution in [0, 0.1) is 5.39 Å². The number of hydrogen-bond acceptors (Lipinski definition) is 3. The van der Waals surface area contributed by atoms with Gasteiger partial charge in [0.15, 0.2) is 4.98 Å². The number of benzene rings is 1. The van der Waals surface area contributed by atoms with Crippen molar-refractivity contribution in [3.63, 3.8) is 0 Å². The molecule has 1 aliphatic rings. The summed E-state index contributed by atoms with van der Waals surface area (Å²) in [5.74, 6) is 0. The average molecular weight is 218 g/mol. The molecule has 0 unspecified atom stereocenters. The molecule has 0 spiro atoms. The van der Waals surface area contributed by atoms with Crippen LogP contribution in [0.25, 0.3) is 4.98 Å². The fourth-order valence-electron chi connectivity index (χ4n) is 2.03. The number of anilines is 1. The first kappa shape index (κ1) is 10.9. The van der Waals surface area contributed by atoms with Gasteiger partial charge in [0.05, 0.1) is 13.2 Å². The highest BCUT2D eigenvalue weighted by Crippen LogP contribution is 2.26. The van der Waals surface area contributed by atoms with E-state index in [1.54, 1.807) is 0 Å². The van der Waals surface area contributed by atoms with Crippen molar-refractivity contribution < 1.29 is 4.74 Å². The predicted molar refractivity (Wildman–Crippen MR) is 63.6 cm³/mol. The van der Waals surface area contributed by atoms with Crippen molar-refractivity contribution in [3.8, 4) is 0 Å². The minimum atomic E-state index is 0.619. The highest BCUT2D eigenvalue weighted by Gasteiger charge is 2.16. The maximum atomic E-state index is 8.75. The number of hydrogen-bond donors (Lipinski definition) is 0. The quantitative estimate of drug-likeness (QED) is 0.716. The fraction of sp³-hybridized carbons (Fsp3) is 0.500. The summed E-state index contributed by atoms with van der Waals surface area (Å²) in [5.41, 5.74) is 3.07. The first-order valence-corrected chi connectivity index (χ1v) is 5.66. The van der Waals surface area contributed by atoms with Crippen molar-refractivity contribution >= 4 is 11.4 Å². The lowest BCUT2D eigenvalue weighted by atomic mass is 10.1. The molecule has 4 heteroatoms. The zero-order valence-electron chi connectivity index (χ0n) is 9.52. The molecule has 84 valence electrons. The molecule has 0 aliphatic carbocycles. The Balaban J connectivity index is 2.29. The summed E-state index contributed by atoms with van der Waals surface area (Å²) in [6, 6.07) is 5.80. The Kier molecular flexibility index (Phi) is 3.37. The Morgan fingerprint density at radius 2 is 2.12 bits per heavy atom. The van der Waals surface area contributed by atoms with Gasteiger partial charge in [-0.3, -0.25) is 0 Å². The van der Waals surface area contributed by atoms with Crippen LogP contribution >= 0.6 is 0 Å². The van der Waals surface area contributed by atoms with Gasteiger partial charge in [-0.1, -0.05) is 6.92 Å². The van der Waals surface area contributed by atoms with Crippen molar-refractivity contribution in [3.05, 3.63) is 28.7 Å². The van der Waals surface area contributed by atoms with Crippen LogP contribution in [-0.4, -0.2) is 26.3 Å². The van der Waals surface area contributed by atoms with Gasteiger partial charge in [-0.05, 0) is 18.1 Å². The second kappa shape index (κ2) is 4.95. The minimum absolute atomic E-state index is 0.619. The minimum Gasteiger partial charge on any atom is -0.378 e. The van der Waals surface area contributed by atoms with Crippen LogP contribution in [0.3, 0.4) is 0 Å². The first-order chi connectivity index (χ1) is 7.85. The molecule has 0 saturated carbocycles. The van der Waals surface area contributed by atoms with Crippen molar-refractivity contribution in [1.29, 1.82) is 5.39 Å².